The molecule has 2 heterocycles. The molecule has 2 N–H and O–H groups in total. The second kappa shape index (κ2) is 9.78. The van der Waals surface area contributed by atoms with E-state index in [1.54, 1.807) is 12.3 Å². The molecule has 0 radical (unpaired) electrons. The van der Waals surface area contributed by atoms with Gasteiger partial charge in [-0.1, -0.05) is 31.0 Å². The number of hydrazine groups is 1. The number of hydrogen-bond acceptors (Lipinski definition) is 6. The lowest BCUT2D eigenvalue weighted by molar-refractivity contribution is -0.119. The van der Waals surface area contributed by atoms with E-state index in [1.807, 2.05) is 6.07 Å². The van der Waals surface area contributed by atoms with Gasteiger partial charge < -0.3 is 4.42 Å². The van der Waals surface area contributed by atoms with Crippen LogP contribution in [0.15, 0.2) is 52.2 Å². The molecule has 10 heteroatoms. The lowest BCUT2D eigenvalue weighted by Crippen LogP contribution is -2.42. The fourth-order valence-electron chi connectivity index (χ4n) is 3.58. The standard InChI is InChI=1S/C21H22FN5O3S/c22-15-10-8-14(9-11-15)20(29)25-23-18(28)13-31-21-26-24-19(17-7-4-12-30-17)27(21)16-5-2-1-3-6-16/h4,7-12,16H,1-3,5-6,13H2,(H,23,28)(H,25,29). The Bertz CT molecular complexity index is 1030. The van der Waals surface area contributed by atoms with Crippen molar-refractivity contribution < 1.29 is 18.4 Å². The Hall–Kier alpha value is -3.14. The van der Waals surface area contributed by atoms with Crippen molar-refractivity contribution >= 4 is 23.6 Å². The molecule has 31 heavy (non-hydrogen) atoms. The quantitative estimate of drug-likeness (QED) is 0.445. The van der Waals surface area contributed by atoms with Crippen LogP contribution < -0.4 is 10.9 Å². The Balaban J connectivity index is 1.39. The molecule has 1 saturated carbocycles. The predicted octanol–water partition coefficient (Wildman–Crippen LogP) is 3.74. The third-order valence-corrected chi connectivity index (χ3v) is 6.04. The summed E-state index contributed by atoms with van der Waals surface area (Å²) in [4.78, 5) is 24.3. The maximum atomic E-state index is 13.0. The van der Waals surface area contributed by atoms with Crippen molar-refractivity contribution in [3.63, 3.8) is 0 Å². The minimum atomic E-state index is -0.524. The molecule has 2 amide bonds. The SMILES string of the molecule is O=C(CSc1nnc(-c2ccco2)n1C1CCCCC1)NNC(=O)c1ccc(F)cc1. The minimum Gasteiger partial charge on any atom is -0.461 e. The first-order chi connectivity index (χ1) is 15.1. The minimum absolute atomic E-state index is 0.0483. The molecule has 0 aliphatic heterocycles. The van der Waals surface area contributed by atoms with E-state index in [-0.39, 0.29) is 17.4 Å². The maximum Gasteiger partial charge on any atom is 0.269 e. The van der Waals surface area contributed by atoms with Crippen molar-refractivity contribution in [3.05, 3.63) is 54.0 Å². The molecule has 1 aliphatic carbocycles. The molecule has 1 aliphatic rings. The molecule has 8 nitrogen and oxygen atoms in total. The highest BCUT2D eigenvalue weighted by Gasteiger charge is 2.25. The topological polar surface area (TPSA) is 102 Å². The lowest BCUT2D eigenvalue weighted by Gasteiger charge is -2.25. The first kappa shape index (κ1) is 21.1. The third kappa shape index (κ3) is 5.13. The molecule has 1 fully saturated rings. The van der Waals surface area contributed by atoms with Crippen molar-refractivity contribution in [3.8, 4) is 11.6 Å². The van der Waals surface area contributed by atoms with E-state index in [4.69, 9.17) is 4.42 Å². The van der Waals surface area contributed by atoms with Crippen LogP contribution in [0.3, 0.4) is 0 Å². The van der Waals surface area contributed by atoms with E-state index < -0.39 is 17.6 Å². The number of amides is 2. The lowest BCUT2D eigenvalue weighted by atomic mass is 9.95. The molecule has 4 rings (SSSR count). The van der Waals surface area contributed by atoms with E-state index in [9.17, 15) is 14.0 Å². The van der Waals surface area contributed by atoms with Crippen molar-refractivity contribution in [2.75, 3.05) is 5.75 Å². The number of carbonyl (C=O) groups is 2. The summed E-state index contributed by atoms with van der Waals surface area (Å²) in [6, 6.07) is 8.95. The summed E-state index contributed by atoms with van der Waals surface area (Å²) in [5.41, 5.74) is 4.94. The largest absolute Gasteiger partial charge is 0.461 e. The summed E-state index contributed by atoms with van der Waals surface area (Å²) in [5, 5.41) is 9.22. The number of thioether (sulfide) groups is 1. The Morgan fingerprint density at radius 1 is 1.10 bits per heavy atom. The molecular weight excluding hydrogens is 421 g/mol. The summed E-state index contributed by atoms with van der Waals surface area (Å²) >= 11 is 1.25. The molecule has 0 unspecified atom stereocenters. The highest BCUT2D eigenvalue weighted by atomic mass is 32.2. The van der Waals surface area contributed by atoms with Gasteiger partial charge in [0.2, 0.25) is 11.7 Å². The van der Waals surface area contributed by atoms with E-state index in [2.05, 4.69) is 25.6 Å². The van der Waals surface area contributed by atoms with Gasteiger partial charge >= 0.3 is 0 Å². The van der Waals surface area contributed by atoms with Crippen LogP contribution in [0.1, 0.15) is 48.5 Å². The van der Waals surface area contributed by atoms with Gasteiger partial charge in [0.25, 0.3) is 5.91 Å². The zero-order valence-corrected chi connectivity index (χ0v) is 17.5. The molecule has 0 spiro atoms. The Morgan fingerprint density at radius 3 is 2.58 bits per heavy atom. The third-order valence-electron chi connectivity index (χ3n) is 5.10. The van der Waals surface area contributed by atoms with Crippen LogP contribution in [0, 0.1) is 5.82 Å². The van der Waals surface area contributed by atoms with Gasteiger partial charge in [0.1, 0.15) is 5.82 Å². The molecule has 3 aromatic rings. The first-order valence-corrected chi connectivity index (χ1v) is 11.1. The number of nitrogens with zero attached hydrogens (tertiary/aromatic N) is 3. The second-order valence-corrected chi connectivity index (χ2v) is 8.19. The van der Waals surface area contributed by atoms with Crippen molar-refractivity contribution in [2.24, 2.45) is 0 Å². The molecule has 162 valence electrons. The number of halogens is 1. The Labute approximate surface area is 182 Å². The number of furan rings is 1. The zero-order valence-electron chi connectivity index (χ0n) is 16.7. The molecule has 0 bridgehead atoms. The van der Waals surface area contributed by atoms with Gasteiger partial charge in [-0.05, 0) is 49.2 Å². The summed E-state index contributed by atoms with van der Waals surface area (Å²) in [6.07, 6.45) is 7.14. The number of carbonyl (C=O) groups excluding carboxylic acids is 2. The summed E-state index contributed by atoms with van der Waals surface area (Å²) < 4.78 is 20.5. The highest BCUT2D eigenvalue weighted by Crippen LogP contribution is 2.35. The summed E-state index contributed by atoms with van der Waals surface area (Å²) in [5.74, 6) is -0.00689. The number of aromatic nitrogens is 3. The van der Waals surface area contributed by atoms with Gasteiger partial charge in [-0.2, -0.15) is 0 Å². The average molecular weight is 444 g/mol. The molecule has 0 atom stereocenters. The average Bonchev–Trinajstić information content (AvgIpc) is 3.47. The maximum absolute atomic E-state index is 13.0. The monoisotopic (exact) mass is 443 g/mol. The number of rotatable bonds is 6. The highest BCUT2D eigenvalue weighted by molar-refractivity contribution is 7.99. The van der Waals surface area contributed by atoms with Gasteiger partial charge in [0.05, 0.1) is 12.0 Å². The fourth-order valence-corrected chi connectivity index (χ4v) is 4.39. The molecule has 2 aromatic heterocycles. The van der Waals surface area contributed by atoms with Crippen LogP contribution in [0.25, 0.3) is 11.6 Å². The summed E-state index contributed by atoms with van der Waals surface area (Å²) in [6.45, 7) is 0. The normalized spacial score (nSPS) is 14.4. The van der Waals surface area contributed by atoms with Crippen LogP contribution in [0.4, 0.5) is 4.39 Å². The van der Waals surface area contributed by atoms with Crippen LogP contribution in [-0.2, 0) is 4.79 Å². The van der Waals surface area contributed by atoms with Gasteiger partial charge in [-0.25, -0.2) is 4.39 Å². The van der Waals surface area contributed by atoms with Gasteiger partial charge in [0, 0.05) is 11.6 Å². The zero-order chi connectivity index (χ0) is 21.6. The number of benzene rings is 1. The molecule has 1 aromatic carbocycles. The van der Waals surface area contributed by atoms with Crippen LogP contribution in [0.5, 0.6) is 0 Å². The van der Waals surface area contributed by atoms with Gasteiger partial charge in [-0.15, -0.1) is 10.2 Å². The number of hydrogen-bond donors (Lipinski definition) is 2. The first-order valence-electron chi connectivity index (χ1n) is 10.1. The fraction of sp³-hybridized carbons (Fsp3) is 0.333. The summed E-state index contributed by atoms with van der Waals surface area (Å²) in [7, 11) is 0. The van der Waals surface area contributed by atoms with Gasteiger partial charge in [-0.3, -0.25) is 25.0 Å². The second-order valence-electron chi connectivity index (χ2n) is 7.24. The van der Waals surface area contributed by atoms with E-state index >= 15 is 0 Å². The predicted molar refractivity (Wildman–Crippen MR) is 113 cm³/mol. The van der Waals surface area contributed by atoms with Crippen molar-refractivity contribution in [2.45, 2.75) is 43.3 Å². The van der Waals surface area contributed by atoms with Crippen molar-refractivity contribution in [1.29, 1.82) is 0 Å². The van der Waals surface area contributed by atoms with E-state index in [1.165, 1.54) is 42.4 Å². The van der Waals surface area contributed by atoms with Crippen molar-refractivity contribution in [1.82, 2.24) is 25.6 Å². The molecular formula is C21H22FN5O3S. The van der Waals surface area contributed by atoms with Crippen LogP contribution in [0.2, 0.25) is 0 Å². The van der Waals surface area contributed by atoms with E-state index in [0.29, 0.717) is 16.7 Å². The van der Waals surface area contributed by atoms with Crippen LogP contribution in [-0.4, -0.2) is 32.3 Å². The van der Waals surface area contributed by atoms with Crippen LogP contribution >= 0.6 is 11.8 Å². The number of nitrogens with one attached hydrogen (secondary N) is 2. The molecule has 0 saturated heterocycles. The smallest absolute Gasteiger partial charge is 0.269 e. The Morgan fingerprint density at radius 2 is 1.87 bits per heavy atom. The van der Waals surface area contributed by atoms with E-state index in [0.717, 1.165) is 25.7 Å². The van der Waals surface area contributed by atoms with Gasteiger partial charge in [0.15, 0.2) is 10.9 Å². The Kier molecular flexibility index (Phi) is 6.66.